The second-order valence-corrected chi connectivity index (χ2v) is 3.77. The monoisotopic (exact) mass is 213 g/mol. The third-order valence-corrected chi connectivity index (χ3v) is 2.08. The maximum atomic E-state index is 5.43. The van der Waals surface area contributed by atoms with Crippen molar-refractivity contribution in [2.75, 3.05) is 13.7 Å². The predicted molar refractivity (Wildman–Crippen MR) is 56.6 cm³/mol. The van der Waals surface area contributed by atoms with E-state index in [9.17, 15) is 0 Å². The number of nitrogens with one attached hydrogen (secondary N) is 1. The van der Waals surface area contributed by atoms with Crippen LogP contribution in [0.2, 0.25) is 0 Å². The molecule has 0 aliphatic heterocycles. The molecular weight excluding hydrogens is 194 g/mol. The van der Waals surface area contributed by atoms with Crippen LogP contribution in [0.1, 0.15) is 38.7 Å². The quantitative estimate of drug-likeness (QED) is 0.772. The fourth-order valence-corrected chi connectivity index (χ4v) is 1.10. The van der Waals surface area contributed by atoms with E-state index in [4.69, 9.17) is 9.15 Å². The summed E-state index contributed by atoms with van der Waals surface area (Å²) in [6.07, 6.45) is 0.617. The summed E-state index contributed by atoms with van der Waals surface area (Å²) in [5.41, 5.74) is 0. The van der Waals surface area contributed by atoms with Gasteiger partial charge in [-0.3, -0.25) is 0 Å². The second-order valence-electron chi connectivity index (χ2n) is 3.77. The van der Waals surface area contributed by atoms with Gasteiger partial charge in [0, 0.05) is 26.1 Å². The average molecular weight is 213 g/mol. The van der Waals surface area contributed by atoms with Gasteiger partial charge in [-0.05, 0) is 6.92 Å². The van der Waals surface area contributed by atoms with E-state index in [-0.39, 0.29) is 6.10 Å². The van der Waals surface area contributed by atoms with Crippen molar-refractivity contribution in [1.82, 2.24) is 15.5 Å². The van der Waals surface area contributed by atoms with Crippen molar-refractivity contribution in [1.29, 1.82) is 0 Å². The molecule has 0 saturated carbocycles. The van der Waals surface area contributed by atoms with E-state index in [1.165, 1.54) is 0 Å². The zero-order valence-electron chi connectivity index (χ0n) is 9.78. The first-order chi connectivity index (χ1) is 7.13. The van der Waals surface area contributed by atoms with Gasteiger partial charge < -0.3 is 14.5 Å². The Kier molecular flexibility index (Phi) is 4.71. The Balaban J connectivity index is 2.39. The molecule has 0 bridgehead atoms. The maximum absolute atomic E-state index is 5.43. The molecule has 0 spiro atoms. The highest BCUT2D eigenvalue weighted by atomic mass is 16.5. The predicted octanol–water partition coefficient (Wildman–Crippen LogP) is 1.32. The number of rotatable bonds is 6. The summed E-state index contributed by atoms with van der Waals surface area (Å²) in [6.45, 7) is 6.93. The highest BCUT2D eigenvalue weighted by molar-refractivity contribution is 4.85. The molecule has 1 aromatic heterocycles. The molecule has 1 aromatic rings. The van der Waals surface area contributed by atoms with Crippen LogP contribution in [0.3, 0.4) is 0 Å². The zero-order chi connectivity index (χ0) is 11.3. The Hall–Kier alpha value is -0.940. The first-order valence-corrected chi connectivity index (χ1v) is 5.22. The first kappa shape index (κ1) is 12.1. The SMILES string of the molecule is COC(C)c1nnc(CCNC(C)C)o1. The average Bonchev–Trinajstić information content (AvgIpc) is 2.65. The van der Waals surface area contributed by atoms with E-state index in [0.717, 1.165) is 13.0 Å². The molecule has 1 unspecified atom stereocenters. The lowest BCUT2D eigenvalue weighted by Crippen LogP contribution is -2.25. The Morgan fingerprint density at radius 3 is 2.67 bits per heavy atom. The number of ether oxygens (including phenoxy) is 1. The summed E-state index contributed by atoms with van der Waals surface area (Å²) in [6, 6.07) is 0.477. The molecule has 5 heteroatoms. The van der Waals surface area contributed by atoms with Gasteiger partial charge in [0.15, 0.2) is 0 Å². The smallest absolute Gasteiger partial charge is 0.244 e. The number of methoxy groups -OCH3 is 1. The van der Waals surface area contributed by atoms with Crippen molar-refractivity contribution in [3.63, 3.8) is 0 Å². The largest absolute Gasteiger partial charge is 0.422 e. The molecule has 1 atom stereocenters. The minimum Gasteiger partial charge on any atom is -0.422 e. The van der Waals surface area contributed by atoms with Crippen molar-refractivity contribution in [3.05, 3.63) is 11.8 Å². The fourth-order valence-electron chi connectivity index (χ4n) is 1.10. The molecule has 1 rings (SSSR count). The van der Waals surface area contributed by atoms with Gasteiger partial charge in [-0.25, -0.2) is 0 Å². The third kappa shape index (κ3) is 3.97. The Labute approximate surface area is 90.2 Å². The Morgan fingerprint density at radius 1 is 1.33 bits per heavy atom. The number of hydrogen-bond acceptors (Lipinski definition) is 5. The molecule has 0 saturated heterocycles. The highest BCUT2D eigenvalue weighted by Crippen LogP contribution is 2.13. The molecule has 0 aliphatic carbocycles. The highest BCUT2D eigenvalue weighted by Gasteiger charge is 2.12. The molecule has 0 aliphatic rings. The van der Waals surface area contributed by atoms with E-state index in [0.29, 0.717) is 17.8 Å². The minimum absolute atomic E-state index is 0.135. The number of aromatic nitrogens is 2. The Bertz CT molecular complexity index is 286. The van der Waals surface area contributed by atoms with Crippen molar-refractivity contribution in [2.45, 2.75) is 39.3 Å². The normalized spacial score (nSPS) is 13.4. The summed E-state index contributed by atoms with van der Waals surface area (Å²) in [5.74, 6) is 1.19. The summed E-state index contributed by atoms with van der Waals surface area (Å²) < 4.78 is 10.5. The summed E-state index contributed by atoms with van der Waals surface area (Å²) in [7, 11) is 1.62. The van der Waals surface area contributed by atoms with Crippen molar-refractivity contribution < 1.29 is 9.15 Å². The molecule has 0 aromatic carbocycles. The Morgan fingerprint density at radius 2 is 2.07 bits per heavy atom. The fraction of sp³-hybridized carbons (Fsp3) is 0.800. The van der Waals surface area contributed by atoms with Gasteiger partial charge >= 0.3 is 0 Å². The van der Waals surface area contributed by atoms with Crippen LogP contribution in [-0.2, 0) is 11.2 Å². The standard InChI is InChI=1S/C10H19N3O2/c1-7(2)11-6-5-9-12-13-10(15-9)8(3)14-4/h7-8,11H,5-6H2,1-4H3. The summed E-state index contributed by atoms with van der Waals surface area (Å²) in [5, 5.41) is 11.1. The van der Waals surface area contributed by atoms with E-state index < -0.39 is 0 Å². The number of hydrogen-bond donors (Lipinski definition) is 1. The van der Waals surface area contributed by atoms with Crippen LogP contribution < -0.4 is 5.32 Å². The molecule has 0 fully saturated rings. The van der Waals surface area contributed by atoms with E-state index in [1.807, 2.05) is 6.92 Å². The van der Waals surface area contributed by atoms with Gasteiger partial charge in [0.25, 0.3) is 0 Å². The van der Waals surface area contributed by atoms with Gasteiger partial charge in [0.1, 0.15) is 6.10 Å². The molecule has 5 nitrogen and oxygen atoms in total. The van der Waals surface area contributed by atoms with Gasteiger partial charge in [-0.15, -0.1) is 10.2 Å². The molecule has 1 heterocycles. The summed E-state index contributed by atoms with van der Waals surface area (Å²) >= 11 is 0. The van der Waals surface area contributed by atoms with Crippen LogP contribution >= 0.6 is 0 Å². The van der Waals surface area contributed by atoms with Gasteiger partial charge in [0.05, 0.1) is 0 Å². The van der Waals surface area contributed by atoms with Crippen LogP contribution in [0.5, 0.6) is 0 Å². The van der Waals surface area contributed by atoms with E-state index in [2.05, 4.69) is 29.4 Å². The lowest BCUT2D eigenvalue weighted by molar-refractivity contribution is 0.0936. The second kappa shape index (κ2) is 5.82. The van der Waals surface area contributed by atoms with E-state index in [1.54, 1.807) is 7.11 Å². The lowest BCUT2D eigenvalue weighted by atomic mass is 10.3. The molecular formula is C10H19N3O2. The van der Waals surface area contributed by atoms with Crippen LogP contribution in [0.4, 0.5) is 0 Å². The molecule has 86 valence electrons. The maximum Gasteiger partial charge on any atom is 0.244 e. The number of nitrogens with zero attached hydrogens (tertiary/aromatic N) is 2. The third-order valence-electron chi connectivity index (χ3n) is 2.08. The van der Waals surface area contributed by atoms with Crippen molar-refractivity contribution in [3.8, 4) is 0 Å². The molecule has 0 amide bonds. The summed E-state index contributed by atoms with van der Waals surface area (Å²) in [4.78, 5) is 0. The van der Waals surface area contributed by atoms with Crippen LogP contribution in [0.15, 0.2) is 4.42 Å². The van der Waals surface area contributed by atoms with Crippen LogP contribution in [0.25, 0.3) is 0 Å². The van der Waals surface area contributed by atoms with E-state index >= 15 is 0 Å². The first-order valence-electron chi connectivity index (χ1n) is 5.22. The lowest BCUT2D eigenvalue weighted by Gasteiger charge is -2.05. The topological polar surface area (TPSA) is 60.2 Å². The molecule has 15 heavy (non-hydrogen) atoms. The van der Waals surface area contributed by atoms with Crippen LogP contribution in [0, 0.1) is 0 Å². The van der Waals surface area contributed by atoms with Crippen LogP contribution in [-0.4, -0.2) is 29.9 Å². The van der Waals surface area contributed by atoms with Crippen molar-refractivity contribution >= 4 is 0 Å². The van der Waals surface area contributed by atoms with Gasteiger partial charge in [0.2, 0.25) is 11.8 Å². The molecule has 1 N–H and O–H groups in total. The van der Waals surface area contributed by atoms with Gasteiger partial charge in [-0.1, -0.05) is 13.8 Å². The zero-order valence-corrected chi connectivity index (χ0v) is 9.78. The minimum atomic E-state index is -0.135. The van der Waals surface area contributed by atoms with Crippen molar-refractivity contribution in [2.24, 2.45) is 0 Å². The molecule has 0 radical (unpaired) electrons. The van der Waals surface area contributed by atoms with Gasteiger partial charge in [-0.2, -0.15) is 0 Å².